The lowest BCUT2D eigenvalue weighted by atomic mass is 9.94. The number of halogens is 5. The third kappa shape index (κ3) is 7.28. The fraction of sp³-hybridized carbons (Fsp3) is 0.722. The SMILES string of the molecule is C=C(C)C(=O)OC(CC(C)C)C1CC(CC(=O)OCC(F)(F)C(F)(F)F)C(=O)O1. The van der Waals surface area contributed by atoms with E-state index in [2.05, 4.69) is 11.3 Å². The average Bonchev–Trinajstić information content (AvgIpc) is 2.91. The predicted molar refractivity (Wildman–Crippen MR) is 88.7 cm³/mol. The highest BCUT2D eigenvalue weighted by molar-refractivity contribution is 5.87. The second-order valence-corrected chi connectivity index (χ2v) is 7.33. The monoisotopic (exact) mass is 430 g/mol. The first kappa shape index (κ1) is 24.8. The molecule has 3 unspecified atom stereocenters. The Balaban J connectivity index is 2.70. The fourth-order valence-corrected chi connectivity index (χ4v) is 2.56. The number of ether oxygens (including phenoxy) is 3. The number of esters is 3. The van der Waals surface area contributed by atoms with Crippen molar-refractivity contribution in [2.24, 2.45) is 11.8 Å². The van der Waals surface area contributed by atoms with Crippen LogP contribution in [0.1, 0.15) is 40.0 Å². The van der Waals surface area contributed by atoms with Crippen molar-refractivity contribution >= 4 is 17.9 Å². The second kappa shape index (κ2) is 9.53. The maximum atomic E-state index is 12.8. The summed E-state index contributed by atoms with van der Waals surface area (Å²) in [6.45, 7) is 6.40. The van der Waals surface area contributed by atoms with E-state index >= 15 is 0 Å². The van der Waals surface area contributed by atoms with Crippen LogP contribution < -0.4 is 0 Å². The van der Waals surface area contributed by atoms with E-state index in [1.165, 1.54) is 6.92 Å². The summed E-state index contributed by atoms with van der Waals surface area (Å²) in [5.74, 6) is -9.18. The molecule has 0 aromatic heterocycles. The van der Waals surface area contributed by atoms with Crippen LogP contribution >= 0.6 is 0 Å². The van der Waals surface area contributed by atoms with Crippen LogP contribution in [-0.4, -0.2) is 48.8 Å². The molecule has 0 N–H and O–H groups in total. The molecule has 0 amide bonds. The molecule has 6 nitrogen and oxygen atoms in total. The number of cyclic esters (lactones) is 1. The van der Waals surface area contributed by atoms with Crippen molar-refractivity contribution < 1.29 is 50.5 Å². The lowest BCUT2D eigenvalue weighted by molar-refractivity contribution is -0.294. The molecule has 1 fully saturated rings. The Morgan fingerprint density at radius 1 is 1.24 bits per heavy atom. The molecule has 0 aromatic rings. The van der Waals surface area contributed by atoms with Gasteiger partial charge in [0.15, 0.2) is 6.61 Å². The molecule has 0 spiro atoms. The highest BCUT2D eigenvalue weighted by Gasteiger charge is 2.58. The van der Waals surface area contributed by atoms with E-state index < -0.39 is 61.2 Å². The zero-order chi connectivity index (χ0) is 22.6. The largest absolute Gasteiger partial charge is 0.459 e. The van der Waals surface area contributed by atoms with Gasteiger partial charge >= 0.3 is 30.0 Å². The maximum Gasteiger partial charge on any atom is 0.456 e. The Bertz CT molecular complexity index is 643. The lowest BCUT2D eigenvalue weighted by Gasteiger charge is -2.24. The third-order valence-corrected chi connectivity index (χ3v) is 4.09. The average molecular weight is 430 g/mol. The number of carbonyl (C=O) groups excluding carboxylic acids is 3. The Kier molecular flexibility index (Phi) is 8.16. The minimum atomic E-state index is -5.86. The lowest BCUT2D eigenvalue weighted by Crippen LogP contribution is -2.41. The van der Waals surface area contributed by atoms with Gasteiger partial charge in [-0.3, -0.25) is 9.59 Å². The van der Waals surface area contributed by atoms with Crippen molar-refractivity contribution in [3.63, 3.8) is 0 Å². The molecule has 29 heavy (non-hydrogen) atoms. The third-order valence-electron chi connectivity index (χ3n) is 4.09. The van der Waals surface area contributed by atoms with E-state index in [-0.39, 0.29) is 17.9 Å². The van der Waals surface area contributed by atoms with E-state index in [1.807, 2.05) is 13.8 Å². The van der Waals surface area contributed by atoms with E-state index in [1.54, 1.807) is 0 Å². The summed E-state index contributed by atoms with van der Waals surface area (Å²) in [4.78, 5) is 35.4. The fourth-order valence-electron chi connectivity index (χ4n) is 2.56. The molecule has 166 valence electrons. The molecule has 0 saturated carbocycles. The van der Waals surface area contributed by atoms with Gasteiger partial charge in [-0.15, -0.1) is 0 Å². The summed E-state index contributed by atoms with van der Waals surface area (Å²) in [6.07, 6.45) is -8.04. The van der Waals surface area contributed by atoms with E-state index in [0.29, 0.717) is 6.42 Å². The van der Waals surface area contributed by atoms with Crippen molar-refractivity contribution in [1.29, 1.82) is 0 Å². The molecule has 0 radical (unpaired) electrons. The standard InChI is InChI=1S/C18H23F5O6/c1-9(2)5-12(28-15(25)10(3)4)13-6-11(16(26)29-13)7-14(24)27-8-17(19,20)18(21,22)23/h9,11-13H,3,5-8H2,1-2,4H3. The van der Waals surface area contributed by atoms with Crippen LogP contribution in [0.15, 0.2) is 12.2 Å². The summed E-state index contributed by atoms with van der Waals surface area (Å²) < 4.78 is 76.3. The van der Waals surface area contributed by atoms with E-state index in [9.17, 15) is 36.3 Å². The molecule has 1 saturated heterocycles. The van der Waals surface area contributed by atoms with Gasteiger partial charge in [0.05, 0.1) is 12.3 Å². The van der Waals surface area contributed by atoms with Gasteiger partial charge in [-0.05, 0) is 19.3 Å². The first-order chi connectivity index (χ1) is 13.1. The summed E-state index contributed by atoms with van der Waals surface area (Å²) >= 11 is 0. The van der Waals surface area contributed by atoms with Crippen LogP contribution in [0.5, 0.6) is 0 Å². The van der Waals surface area contributed by atoms with E-state index in [4.69, 9.17) is 9.47 Å². The van der Waals surface area contributed by atoms with Crippen molar-refractivity contribution in [3.05, 3.63) is 12.2 Å². The van der Waals surface area contributed by atoms with Crippen LogP contribution in [0.25, 0.3) is 0 Å². The van der Waals surface area contributed by atoms with Crippen LogP contribution in [-0.2, 0) is 28.6 Å². The molecular formula is C18H23F5O6. The minimum absolute atomic E-state index is 0.0604. The van der Waals surface area contributed by atoms with Crippen molar-refractivity contribution in [3.8, 4) is 0 Å². The predicted octanol–water partition coefficient (Wildman–Crippen LogP) is 3.58. The molecule has 0 aromatic carbocycles. The van der Waals surface area contributed by atoms with Crippen LogP contribution in [0, 0.1) is 11.8 Å². The molecule has 11 heteroatoms. The molecule has 0 aliphatic carbocycles. The molecular weight excluding hydrogens is 407 g/mol. The first-order valence-corrected chi connectivity index (χ1v) is 8.81. The quantitative estimate of drug-likeness (QED) is 0.241. The van der Waals surface area contributed by atoms with Gasteiger partial charge < -0.3 is 14.2 Å². The number of alkyl halides is 5. The summed E-state index contributed by atoms with van der Waals surface area (Å²) in [7, 11) is 0. The zero-order valence-corrected chi connectivity index (χ0v) is 16.2. The maximum absolute atomic E-state index is 12.8. The van der Waals surface area contributed by atoms with Gasteiger partial charge in [0.1, 0.15) is 12.2 Å². The Hall–Kier alpha value is -2.20. The number of rotatable bonds is 9. The molecule has 1 aliphatic rings. The Morgan fingerprint density at radius 2 is 1.83 bits per heavy atom. The Morgan fingerprint density at radius 3 is 2.31 bits per heavy atom. The van der Waals surface area contributed by atoms with Gasteiger partial charge in [0.2, 0.25) is 0 Å². The van der Waals surface area contributed by atoms with Crippen molar-refractivity contribution in [1.82, 2.24) is 0 Å². The van der Waals surface area contributed by atoms with Gasteiger partial charge in [-0.25, -0.2) is 4.79 Å². The zero-order valence-electron chi connectivity index (χ0n) is 16.2. The molecule has 1 heterocycles. The van der Waals surface area contributed by atoms with Crippen LogP contribution in [0.2, 0.25) is 0 Å². The molecule has 0 bridgehead atoms. The topological polar surface area (TPSA) is 78.9 Å². The molecule has 1 aliphatic heterocycles. The highest BCUT2D eigenvalue weighted by atomic mass is 19.4. The smallest absolute Gasteiger partial charge is 0.456 e. The van der Waals surface area contributed by atoms with Gasteiger partial charge in [0.25, 0.3) is 0 Å². The van der Waals surface area contributed by atoms with Crippen LogP contribution in [0.4, 0.5) is 22.0 Å². The summed E-state index contributed by atoms with van der Waals surface area (Å²) in [6, 6.07) is 0. The highest BCUT2D eigenvalue weighted by Crippen LogP contribution is 2.36. The minimum Gasteiger partial charge on any atom is -0.459 e. The Labute approximate surface area is 164 Å². The van der Waals surface area contributed by atoms with Crippen LogP contribution in [0.3, 0.4) is 0 Å². The summed E-state index contributed by atoms with van der Waals surface area (Å²) in [5.41, 5.74) is 0.133. The first-order valence-electron chi connectivity index (χ1n) is 8.81. The van der Waals surface area contributed by atoms with Crippen molar-refractivity contribution in [2.75, 3.05) is 6.61 Å². The molecule has 1 rings (SSSR count). The van der Waals surface area contributed by atoms with Gasteiger partial charge in [0, 0.05) is 12.0 Å². The summed E-state index contributed by atoms with van der Waals surface area (Å²) in [5, 5.41) is 0. The van der Waals surface area contributed by atoms with E-state index in [0.717, 1.165) is 0 Å². The molecule has 3 atom stereocenters. The second-order valence-electron chi connectivity index (χ2n) is 7.33. The number of hydrogen-bond donors (Lipinski definition) is 0. The normalized spacial score (nSPS) is 20.9. The van der Waals surface area contributed by atoms with Gasteiger partial charge in [-0.1, -0.05) is 20.4 Å². The van der Waals surface area contributed by atoms with Crippen molar-refractivity contribution in [2.45, 2.75) is 64.3 Å². The number of carbonyl (C=O) groups is 3. The van der Waals surface area contributed by atoms with Gasteiger partial charge in [-0.2, -0.15) is 22.0 Å². The number of hydrogen-bond acceptors (Lipinski definition) is 6.